The molecule has 0 unspecified atom stereocenters. The molecule has 0 fully saturated rings. The molecule has 0 atom stereocenters. The highest BCUT2D eigenvalue weighted by molar-refractivity contribution is 5.34. The fourth-order valence-electron chi connectivity index (χ4n) is 0.991. The lowest BCUT2D eigenvalue weighted by atomic mass is 10.2. The number of hydrogen-bond donors (Lipinski definition) is 0. The lowest BCUT2D eigenvalue weighted by Gasteiger charge is -2.06. The van der Waals surface area contributed by atoms with Crippen molar-refractivity contribution in [3.8, 4) is 5.75 Å². The molecule has 0 aromatic heterocycles. The van der Waals surface area contributed by atoms with Gasteiger partial charge in [0.15, 0.2) is 11.6 Å². The van der Waals surface area contributed by atoms with E-state index in [2.05, 4.69) is 10.0 Å². The number of halogens is 2. The average Bonchev–Trinajstić information content (AvgIpc) is 2.19. The predicted octanol–water partition coefficient (Wildman–Crippen LogP) is 2.78. The number of ether oxygens (including phenoxy) is 1. The Hall–Kier alpha value is -1.81. The van der Waals surface area contributed by atoms with Crippen LogP contribution in [-0.4, -0.2) is 7.11 Å². The van der Waals surface area contributed by atoms with Crippen molar-refractivity contribution in [3.05, 3.63) is 39.8 Å². The minimum atomic E-state index is -0.994. The molecular weight excluding hydrogens is 192 g/mol. The van der Waals surface area contributed by atoms with Gasteiger partial charge in [-0.3, -0.25) is 0 Å². The summed E-state index contributed by atoms with van der Waals surface area (Å²) in [5.41, 5.74) is 8.37. The maximum absolute atomic E-state index is 12.8. The summed E-state index contributed by atoms with van der Waals surface area (Å²) in [6.45, 7) is -0.0725. The molecule has 0 aliphatic carbocycles. The number of methoxy groups -OCH3 is 1. The van der Waals surface area contributed by atoms with Gasteiger partial charge in [-0.25, -0.2) is 8.78 Å². The second-order valence-electron chi connectivity index (χ2n) is 2.47. The largest absolute Gasteiger partial charge is 0.496 e. The third kappa shape index (κ3) is 2.11. The van der Waals surface area contributed by atoms with Gasteiger partial charge in [0.25, 0.3) is 0 Å². The first kappa shape index (κ1) is 10.3. The minimum Gasteiger partial charge on any atom is -0.496 e. The van der Waals surface area contributed by atoms with Gasteiger partial charge in [0.2, 0.25) is 0 Å². The molecule has 1 aromatic rings. The molecule has 0 aliphatic heterocycles. The second kappa shape index (κ2) is 4.43. The predicted molar refractivity (Wildman–Crippen MR) is 45.8 cm³/mol. The van der Waals surface area contributed by atoms with E-state index in [0.29, 0.717) is 5.56 Å². The Morgan fingerprint density at radius 2 is 2.07 bits per heavy atom. The number of nitrogens with zero attached hydrogens (tertiary/aromatic N) is 3. The molecule has 0 saturated heterocycles. The van der Waals surface area contributed by atoms with Gasteiger partial charge < -0.3 is 4.74 Å². The zero-order chi connectivity index (χ0) is 10.6. The van der Waals surface area contributed by atoms with E-state index in [1.54, 1.807) is 0 Å². The van der Waals surface area contributed by atoms with Gasteiger partial charge in [0.05, 0.1) is 13.7 Å². The summed E-state index contributed by atoms with van der Waals surface area (Å²) in [7, 11) is 1.33. The van der Waals surface area contributed by atoms with Crippen LogP contribution in [-0.2, 0) is 6.54 Å². The van der Waals surface area contributed by atoms with Gasteiger partial charge in [-0.2, -0.15) is 0 Å². The molecule has 0 heterocycles. The maximum Gasteiger partial charge on any atom is 0.162 e. The van der Waals surface area contributed by atoms with Crippen LogP contribution in [0.5, 0.6) is 5.75 Å². The fourth-order valence-corrected chi connectivity index (χ4v) is 0.991. The molecule has 14 heavy (non-hydrogen) atoms. The summed E-state index contributed by atoms with van der Waals surface area (Å²) in [6, 6.07) is 1.86. The highest BCUT2D eigenvalue weighted by atomic mass is 19.2. The quantitative estimate of drug-likeness (QED) is 0.419. The molecule has 1 aromatic carbocycles. The Balaban J connectivity index is 3.12. The summed E-state index contributed by atoms with van der Waals surface area (Å²) in [4.78, 5) is 2.51. The summed E-state index contributed by atoms with van der Waals surface area (Å²) >= 11 is 0. The molecule has 0 saturated carbocycles. The number of azide groups is 1. The molecular formula is C8H7F2N3O. The van der Waals surface area contributed by atoms with E-state index in [9.17, 15) is 8.78 Å². The van der Waals surface area contributed by atoms with E-state index in [4.69, 9.17) is 10.3 Å². The normalized spacial score (nSPS) is 9.36. The highest BCUT2D eigenvalue weighted by Gasteiger charge is 2.09. The highest BCUT2D eigenvalue weighted by Crippen LogP contribution is 2.22. The van der Waals surface area contributed by atoms with Gasteiger partial charge in [-0.1, -0.05) is 5.11 Å². The topological polar surface area (TPSA) is 58.0 Å². The van der Waals surface area contributed by atoms with E-state index < -0.39 is 11.6 Å². The monoisotopic (exact) mass is 199 g/mol. The number of hydrogen-bond acceptors (Lipinski definition) is 2. The van der Waals surface area contributed by atoms with E-state index in [0.717, 1.165) is 12.1 Å². The van der Waals surface area contributed by atoms with Gasteiger partial charge in [0, 0.05) is 16.5 Å². The number of rotatable bonds is 3. The minimum absolute atomic E-state index is 0.0725. The molecule has 0 bridgehead atoms. The van der Waals surface area contributed by atoms with Crippen molar-refractivity contribution >= 4 is 0 Å². The lowest BCUT2D eigenvalue weighted by Crippen LogP contribution is -1.94. The maximum atomic E-state index is 12.8. The van der Waals surface area contributed by atoms with E-state index in [1.807, 2.05) is 0 Å². The van der Waals surface area contributed by atoms with Crippen LogP contribution in [0.4, 0.5) is 8.78 Å². The van der Waals surface area contributed by atoms with Crippen molar-refractivity contribution in [2.75, 3.05) is 7.11 Å². The van der Waals surface area contributed by atoms with Crippen molar-refractivity contribution < 1.29 is 13.5 Å². The smallest absolute Gasteiger partial charge is 0.162 e. The Bertz CT molecular complexity index is 388. The van der Waals surface area contributed by atoms with Crippen LogP contribution in [0.25, 0.3) is 10.4 Å². The second-order valence-corrected chi connectivity index (χ2v) is 2.47. The molecule has 1 rings (SSSR count). The van der Waals surface area contributed by atoms with Crippen molar-refractivity contribution in [1.82, 2.24) is 0 Å². The van der Waals surface area contributed by atoms with Crippen LogP contribution >= 0.6 is 0 Å². The SMILES string of the molecule is COc1cc(F)c(F)cc1CN=[N+]=[N-]. The van der Waals surface area contributed by atoms with Crippen LogP contribution in [0.3, 0.4) is 0 Å². The molecule has 0 radical (unpaired) electrons. The Morgan fingerprint density at radius 1 is 1.43 bits per heavy atom. The molecule has 0 spiro atoms. The lowest BCUT2D eigenvalue weighted by molar-refractivity contribution is 0.401. The van der Waals surface area contributed by atoms with Crippen LogP contribution < -0.4 is 4.74 Å². The molecule has 0 N–H and O–H groups in total. The summed E-state index contributed by atoms with van der Waals surface area (Å²) in [5.74, 6) is -1.82. The Kier molecular flexibility index (Phi) is 3.25. The number of benzene rings is 1. The van der Waals surface area contributed by atoms with Crippen molar-refractivity contribution in [1.29, 1.82) is 0 Å². The zero-order valence-electron chi connectivity index (χ0n) is 7.37. The molecule has 4 nitrogen and oxygen atoms in total. The first-order chi connectivity index (χ1) is 6.69. The Labute approximate surface area is 78.7 Å². The van der Waals surface area contributed by atoms with Crippen LogP contribution in [0.2, 0.25) is 0 Å². The first-order valence-electron chi connectivity index (χ1n) is 3.71. The molecule has 0 amide bonds. The summed E-state index contributed by atoms with van der Waals surface area (Å²) in [5, 5.41) is 3.23. The van der Waals surface area contributed by atoms with Crippen LogP contribution in [0.15, 0.2) is 17.2 Å². The first-order valence-corrected chi connectivity index (χ1v) is 3.71. The molecule has 0 aliphatic rings. The average molecular weight is 199 g/mol. The summed E-state index contributed by atoms with van der Waals surface area (Å²) in [6.07, 6.45) is 0. The van der Waals surface area contributed by atoms with Gasteiger partial charge in [-0.15, -0.1) is 0 Å². The van der Waals surface area contributed by atoms with E-state index in [-0.39, 0.29) is 12.3 Å². The standard InChI is InChI=1S/C8H7F2N3O/c1-14-8-3-7(10)6(9)2-5(8)4-12-13-11/h2-3H,4H2,1H3. The fraction of sp³-hybridized carbons (Fsp3) is 0.250. The van der Waals surface area contributed by atoms with Crippen LogP contribution in [0.1, 0.15) is 5.56 Å². The van der Waals surface area contributed by atoms with Crippen molar-refractivity contribution in [3.63, 3.8) is 0 Å². The zero-order valence-corrected chi connectivity index (χ0v) is 7.37. The van der Waals surface area contributed by atoms with Gasteiger partial charge >= 0.3 is 0 Å². The van der Waals surface area contributed by atoms with E-state index >= 15 is 0 Å². The van der Waals surface area contributed by atoms with Gasteiger partial charge in [0.1, 0.15) is 5.75 Å². The van der Waals surface area contributed by atoms with Gasteiger partial charge in [-0.05, 0) is 11.6 Å². The van der Waals surface area contributed by atoms with Crippen LogP contribution in [0, 0.1) is 11.6 Å². The molecule has 6 heteroatoms. The Morgan fingerprint density at radius 3 is 2.64 bits per heavy atom. The third-order valence-electron chi connectivity index (χ3n) is 1.63. The van der Waals surface area contributed by atoms with Crippen molar-refractivity contribution in [2.24, 2.45) is 5.11 Å². The summed E-state index contributed by atoms with van der Waals surface area (Å²) < 4.78 is 30.3. The van der Waals surface area contributed by atoms with Crippen molar-refractivity contribution in [2.45, 2.75) is 6.54 Å². The van der Waals surface area contributed by atoms with E-state index in [1.165, 1.54) is 7.11 Å². The molecule has 74 valence electrons. The third-order valence-corrected chi connectivity index (χ3v) is 1.63.